The summed E-state index contributed by atoms with van der Waals surface area (Å²) >= 11 is 0. The first-order chi connectivity index (χ1) is 18.0. The predicted molar refractivity (Wildman–Crippen MR) is 148 cm³/mol. The maximum Gasteiger partial charge on any atom is 0.267 e. The van der Waals surface area contributed by atoms with E-state index in [2.05, 4.69) is 45.2 Å². The maximum atomic E-state index is 13.1. The predicted octanol–water partition coefficient (Wildman–Crippen LogP) is 4.27. The number of carbonyl (C=O) groups is 1. The molecular weight excluding hydrogens is 464 g/mol. The van der Waals surface area contributed by atoms with Gasteiger partial charge in [-0.2, -0.15) is 0 Å². The topological polar surface area (TPSA) is 80.8 Å². The Hall–Kier alpha value is -2.87. The number of H-pyrrole nitrogens is 1. The van der Waals surface area contributed by atoms with Gasteiger partial charge in [0.25, 0.3) is 5.91 Å². The van der Waals surface area contributed by atoms with E-state index >= 15 is 0 Å². The molecule has 2 fully saturated rings. The van der Waals surface area contributed by atoms with Crippen molar-refractivity contribution in [3.8, 4) is 16.9 Å². The van der Waals surface area contributed by atoms with Gasteiger partial charge in [-0.25, -0.2) is 0 Å². The molecule has 1 atom stereocenters. The van der Waals surface area contributed by atoms with Crippen molar-refractivity contribution in [2.45, 2.75) is 57.7 Å². The van der Waals surface area contributed by atoms with Gasteiger partial charge in [0.2, 0.25) is 0 Å². The lowest BCUT2D eigenvalue weighted by Gasteiger charge is -2.39. The van der Waals surface area contributed by atoms with E-state index in [1.54, 1.807) is 0 Å². The average molecular weight is 505 g/mol. The molecule has 1 aromatic heterocycles. The van der Waals surface area contributed by atoms with Crippen LogP contribution in [0.3, 0.4) is 0 Å². The minimum atomic E-state index is -0.126. The third-order valence-electron chi connectivity index (χ3n) is 7.95. The van der Waals surface area contributed by atoms with Crippen molar-refractivity contribution in [2.24, 2.45) is 0 Å². The molecule has 7 nitrogen and oxygen atoms in total. The number of amides is 1. The molecule has 3 aromatic rings. The molecule has 2 aromatic carbocycles. The van der Waals surface area contributed by atoms with Gasteiger partial charge in [0.15, 0.2) is 0 Å². The van der Waals surface area contributed by atoms with E-state index in [4.69, 9.17) is 4.74 Å². The van der Waals surface area contributed by atoms with Crippen LogP contribution >= 0.6 is 0 Å². The fourth-order valence-corrected chi connectivity index (χ4v) is 5.77. The van der Waals surface area contributed by atoms with Crippen molar-refractivity contribution >= 4 is 16.8 Å². The molecule has 0 saturated carbocycles. The van der Waals surface area contributed by atoms with Crippen LogP contribution in [0.1, 0.15) is 50.0 Å². The minimum absolute atomic E-state index is 0.0347. The molecule has 2 aliphatic rings. The number of hydrogen-bond donors (Lipinski definition) is 3. The summed E-state index contributed by atoms with van der Waals surface area (Å²) in [5.74, 6) is 0.826. The first-order valence-corrected chi connectivity index (χ1v) is 13.8. The fraction of sp³-hybridized carbons (Fsp3) is 0.500. The Morgan fingerprint density at radius 1 is 1.08 bits per heavy atom. The molecule has 2 aliphatic heterocycles. The smallest absolute Gasteiger partial charge is 0.267 e. The highest BCUT2D eigenvalue weighted by Crippen LogP contribution is 2.30. The van der Waals surface area contributed by atoms with Gasteiger partial charge in [-0.3, -0.25) is 9.69 Å². The zero-order chi connectivity index (χ0) is 25.8. The monoisotopic (exact) mass is 504 g/mol. The Labute approximate surface area is 219 Å². The highest BCUT2D eigenvalue weighted by Gasteiger charge is 2.26. The molecule has 198 valence electrons. The number of rotatable bonds is 8. The number of nitrogens with zero attached hydrogens (tertiary/aromatic N) is 2. The number of nitrogens with one attached hydrogen (secondary N) is 2. The van der Waals surface area contributed by atoms with E-state index in [1.165, 1.54) is 0 Å². The summed E-state index contributed by atoms with van der Waals surface area (Å²) in [5, 5.41) is 14.1. The van der Waals surface area contributed by atoms with Crippen LogP contribution in [-0.4, -0.2) is 83.3 Å². The number of aliphatic hydroxyl groups excluding tert-OH is 1. The van der Waals surface area contributed by atoms with Crippen molar-refractivity contribution < 1.29 is 14.6 Å². The lowest BCUT2D eigenvalue weighted by Crippen LogP contribution is -2.50. The first-order valence-electron chi connectivity index (χ1n) is 13.8. The quantitative estimate of drug-likeness (QED) is 0.427. The van der Waals surface area contributed by atoms with E-state index in [9.17, 15) is 9.90 Å². The Bertz CT molecular complexity index is 1180. The number of fused-ring (bicyclic) bond motifs is 1. The van der Waals surface area contributed by atoms with Gasteiger partial charge in [-0.1, -0.05) is 24.3 Å². The Morgan fingerprint density at radius 3 is 2.51 bits per heavy atom. The second-order valence-corrected chi connectivity index (χ2v) is 10.6. The molecule has 5 rings (SSSR count). The third kappa shape index (κ3) is 6.17. The average Bonchev–Trinajstić information content (AvgIpc) is 3.36. The molecule has 0 unspecified atom stereocenters. The van der Waals surface area contributed by atoms with Gasteiger partial charge in [-0.05, 0) is 74.9 Å². The number of likely N-dealkylation sites (tertiary alicyclic amines) is 2. The maximum absolute atomic E-state index is 13.1. The summed E-state index contributed by atoms with van der Waals surface area (Å²) in [5.41, 5.74) is 3.77. The van der Waals surface area contributed by atoms with Crippen LogP contribution < -0.4 is 10.1 Å². The summed E-state index contributed by atoms with van der Waals surface area (Å²) in [6.45, 7) is 9.94. The van der Waals surface area contributed by atoms with Gasteiger partial charge >= 0.3 is 0 Å². The largest absolute Gasteiger partial charge is 0.494 e. The SMILES string of the molecule is CCOc1ccc(-c2cccc3[nH]c(C(=O)NC4CCN(C[C@H](C)N5CCC(O)CC5)CC4)cc23)cc1. The van der Waals surface area contributed by atoms with Gasteiger partial charge in [0.05, 0.1) is 12.7 Å². The summed E-state index contributed by atoms with van der Waals surface area (Å²) in [7, 11) is 0. The van der Waals surface area contributed by atoms with E-state index in [0.717, 1.165) is 86.2 Å². The summed E-state index contributed by atoms with van der Waals surface area (Å²) in [4.78, 5) is 21.5. The van der Waals surface area contributed by atoms with Gasteiger partial charge in [0, 0.05) is 55.7 Å². The standard InChI is InChI=1S/C30H40N4O3/c1-3-37-25-9-7-22(8-10-25)26-5-4-6-28-27(26)19-29(32-28)30(36)31-23-11-15-33(16-12-23)20-21(2)34-17-13-24(35)14-18-34/h4-10,19,21,23-24,32,35H,3,11-18,20H2,1-2H3,(H,31,36)/t21-/m0/s1. The summed E-state index contributed by atoms with van der Waals surface area (Å²) < 4.78 is 5.58. The molecule has 3 N–H and O–H groups in total. The molecule has 37 heavy (non-hydrogen) atoms. The van der Waals surface area contributed by atoms with Crippen LogP contribution in [0.25, 0.3) is 22.0 Å². The number of hydrogen-bond acceptors (Lipinski definition) is 5. The molecule has 7 heteroatoms. The third-order valence-corrected chi connectivity index (χ3v) is 7.95. The molecule has 0 spiro atoms. The van der Waals surface area contributed by atoms with E-state index in [-0.39, 0.29) is 18.1 Å². The van der Waals surface area contributed by atoms with Crippen molar-refractivity contribution in [3.63, 3.8) is 0 Å². The fourth-order valence-electron chi connectivity index (χ4n) is 5.77. The number of aliphatic hydroxyl groups is 1. The minimum Gasteiger partial charge on any atom is -0.494 e. The number of carbonyl (C=O) groups excluding carboxylic acids is 1. The second kappa shape index (κ2) is 11.7. The van der Waals surface area contributed by atoms with E-state index in [1.807, 2.05) is 37.3 Å². The second-order valence-electron chi connectivity index (χ2n) is 10.6. The lowest BCUT2D eigenvalue weighted by atomic mass is 10.0. The number of ether oxygens (including phenoxy) is 1. The van der Waals surface area contributed by atoms with Crippen LogP contribution in [0.5, 0.6) is 5.75 Å². The van der Waals surface area contributed by atoms with E-state index in [0.29, 0.717) is 18.3 Å². The number of benzene rings is 2. The number of aromatic amines is 1. The van der Waals surface area contributed by atoms with Crippen molar-refractivity contribution in [1.82, 2.24) is 20.1 Å². The van der Waals surface area contributed by atoms with Gasteiger partial charge in [0.1, 0.15) is 11.4 Å². The van der Waals surface area contributed by atoms with Gasteiger partial charge in [-0.15, -0.1) is 0 Å². The zero-order valence-electron chi connectivity index (χ0n) is 22.1. The number of piperidine rings is 2. The summed E-state index contributed by atoms with van der Waals surface area (Å²) in [6.07, 6.45) is 3.57. The molecule has 0 radical (unpaired) electrons. The van der Waals surface area contributed by atoms with E-state index < -0.39 is 0 Å². The lowest BCUT2D eigenvalue weighted by molar-refractivity contribution is 0.0497. The van der Waals surface area contributed by atoms with Crippen LogP contribution in [0, 0.1) is 0 Å². The normalized spacial score (nSPS) is 19.2. The molecule has 3 heterocycles. The highest BCUT2D eigenvalue weighted by atomic mass is 16.5. The molecule has 0 bridgehead atoms. The molecular formula is C30H40N4O3. The molecule has 0 aliphatic carbocycles. The van der Waals surface area contributed by atoms with Crippen LogP contribution in [0.15, 0.2) is 48.5 Å². The highest BCUT2D eigenvalue weighted by molar-refractivity contribution is 6.03. The van der Waals surface area contributed by atoms with Crippen molar-refractivity contribution in [2.75, 3.05) is 39.3 Å². The van der Waals surface area contributed by atoms with Crippen LogP contribution in [0.2, 0.25) is 0 Å². The Balaban J connectivity index is 1.17. The molecule has 2 saturated heterocycles. The summed E-state index contributed by atoms with van der Waals surface area (Å²) in [6, 6.07) is 16.9. The van der Waals surface area contributed by atoms with Crippen LogP contribution in [0.4, 0.5) is 0 Å². The van der Waals surface area contributed by atoms with Crippen molar-refractivity contribution in [1.29, 1.82) is 0 Å². The Kier molecular flexibility index (Phi) is 8.13. The first kappa shape index (κ1) is 25.8. The Morgan fingerprint density at radius 2 is 1.81 bits per heavy atom. The zero-order valence-corrected chi connectivity index (χ0v) is 22.1. The number of aromatic nitrogens is 1. The van der Waals surface area contributed by atoms with Gasteiger partial charge < -0.3 is 25.0 Å². The van der Waals surface area contributed by atoms with Crippen molar-refractivity contribution in [3.05, 3.63) is 54.2 Å². The van der Waals surface area contributed by atoms with Crippen LogP contribution in [-0.2, 0) is 0 Å². The molecule has 1 amide bonds.